The Balaban J connectivity index is 1.56. The third-order valence-electron chi connectivity index (χ3n) is 5.00. The molecular formula is C21H20ClN3O3. The number of benzene rings is 2. The Labute approximate surface area is 167 Å². The average Bonchev–Trinajstić information content (AvgIpc) is 3.06. The highest BCUT2D eigenvalue weighted by atomic mass is 35.5. The number of hydrogen-bond donors (Lipinski definition) is 2. The van der Waals surface area contributed by atoms with Gasteiger partial charge in [-0.1, -0.05) is 41.9 Å². The molecule has 0 fully saturated rings. The van der Waals surface area contributed by atoms with Gasteiger partial charge in [0.15, 0.2) is 0 Å². The van der Waals surface area contributed by atoms with Crippen molar-refractivity contribution in [2.24, 2.45) is 0 Å². The molecule has 4 rings (SSSR count). The molecule has 0 aliphatic carbocycles. The molecule has 28 heavy (non-hydrogen) atoms. The van der Waals surface area contributed by atoms with Crippen LogP contribution in [0.3, 0.4) is 0 Å². The molecule has 2 aromatic carbocycles. The first kappa shape index (κ1) is 18.5. The number of nitrogens with zero attached hydrogens (tertiary/aromatic N) is 1. The molecule has 7 heteroatoms. The summed E-state index contributed by atoms with van der Waals surface area (Å²) in [5.74, 6) is -0.764. The van der Waals surface area contributed by atoms with E-state index in [-0.39, 0.29) is 18.1 Å². The van der Waals surface area contributed by atoms with Crippen LogP contribution in [0.5, 0.6) is 0 Å². The van der Waals surface area contributed by atoms with Crippen molar-refractivity contribution in [1.29, 1.82) is 0 Å². The number of amides is 1. The van der Waals surface area contributed by atoms with E-state index < -0.39 is 5.97 Å². The van der Waals surface area contributed by atoms with Crippen LogP contribution in [0.25, 0.3) is 10.9 Å². The van der Waals surface area contributed by atoms with Crippen molar-refractivity contribution >= 4 is 40.1 Å². The van der Waals surface area contributed by atoms with Gasteiger partial charge in [0.2, 0.25) is 5.91 Å². The third-order valence-corrected chi connectivity index (χ3v) is 5.32. The van der Waals surface area contributed by atoms with Crippen molar-refractivity contribution in [3.63, 3.8) is 0 Å². The largest absolute Gasteiger partial charge is 0.464 e. The molecule has 6 nitrogen and oxygen atoms in total. The minimum atomic E-state index is -0.561. The number of anilines is 1. The molecule has 0 saturated carbocycles. The molecule has 3 aromatic rings. The Kier molecular flexibility index (Phi) is 5.07. The molecule has 0 unspecified atom stereocenters. The third kappa shape index (κ3) is 3.48. The van der Waals surface area contributed by atoms with Gasteiger partial charge >= 0.3 is 5.97 Å². The number of carbonyl (C=O) groups excluding carboxylic acids is 2. The molecule has 1 aromatic heterocycles. The van der Waals surface area contributed by atoms with Crippen molar-refractivity contribution in [2.45, 2.75) is 13.0 Å². The summed E-state index contributed by atoms with van der Waals surface area (Å²) in [5, 5.41) is 3.91. The first-order valence-electron chi connectivity index (χ1n) is 9.04. The van der Waals surface area contributed by atoms with Gasteiger partial charge in [-0.05, 0) is 29.7 Å². The monoisotopic (exact) mass is 397 g/mol. The van der Waals surface area contributed by atoms with Gasteiger partial charge in [-0.15, -0.1) is 0 Å². The maximum atomic E-state index is 12.7. The predicted octanol–water partition coefficient (Wildman–Crippen LogP) is 3.60. The van der Waals surface area contributed by atoms with Crippen LogP contribution in [0.1, 0.15) is 21.6 Å². The number of halogens is 1. The van der Waals surface area contributed by atoms with E-state index in [9.17, 15) is 9.59 Å². The standard InChI is InChI=1S/C21H20ClN3O3/c1-28-21(27)20-19(18-15(22)7-4-8-16(18)23-20)24-17(26)12-25-10-9-13-5-2-3-6-14(13)11-25/h2-8,23H,9-12H2,1H3,(H,24,26). The lowest BCUT2D eigenvalue weighted by Crippen LogP contribution is -2.37. The number of hydrogen-bond acceptors (Lipinski definition) is 4. The van der Waals surface area contributed by atoms with Crippen LogP contribution < -0.4 is 5.32 Å². The first-order valence-corrected chi connectivity index (χ1v) is 9.42. The van der Waals surface area contributed by atoms with E-state index in [0.29, 0.717) is 21.6 Å². The van der Waals surface area contributed by atoms with Gasteiger partial charge in [-0.2, -0.15) is 0 Å². The summed E-state index contributed by atoms with van der Waals surface area (Å²) in [7, 11) is 1.30. The zero-order valence-electron chi connectivity index (χ0n) is 15.4. The summed E-state index contributed by atoms with van der Waals surface area (Å²) in [6.07, 6.45) is 0.912. The topological polar surface area (TPSA) is 74.4 Å². The smallest absolute Gasteiger partial charge is 0.356 e. The number of fused-ring (bicyclic) bond motifs is 2. The Hall–Kier alpha value is -2.83. The van der Waals surface area contributed by atoms with Gasteiger partial charge in [-0.3, -0.25) is 9.69 Å². The highest BCUT2D eigenvalue weighted by Gasteiger charge is 2.23. The first-order chi connectivity index (χ1) is 13.6. The van der Waals surface area contributed by atoms with Crippen LogP contribution in [-0.4, -0.2) is 42.0 Å². The van der Waals surface area contributed by atoms with Crippen molar-refractivity contribution in [2.75, 3.05) is 25.5 Å². The zero-order valence-corrected chi connectivity index (χ0v) is 16.2. The SMILES string of the molecule is COC(=O)c1[nH]c2cccc(Cl)c2c1NC(=O)CN1CCc2ccccc2C1. The number of aromatic amines is 1. The van der Waals surface area contributed by atoms with Gasteiger partial charge in [0.25, 0.3) is 0 Å². The van der Waals surface area contributed by atoms with Crippen LogP contribution in [0.2, 0.25) is 5.02 Å². The van der Waals surface area contributed by atoms with E-state index in [1.165, 1.54) is 18.2 Å². The molecule has 0 bridgehead atoms. The lowest BCUT2D eigenvalue weighted by Gasteiger charge is -2.28. The zero-order chi connectivity index (χ0) is 19.7. The van der Waals surface area contributed by atoms with E-state index in [1.54, 1.807) is 18.2 Å². The Morgan fingerprint density at radius 2 is 1.96 bits per heavy atom. The average molecular weight is 398 g/mol. The molecule has 2 N–H and O–H groups in total. The van der Waals surface area contributed by atoms with Gasteiger partial charge < -0.3 is 15.0 Å². The molecule has 0 radical (unpaired) electrons. The number of rotatable bonds is 4. The molecule has 2 heterocycles. The summed E-state index contributed by atoms with van der Waals surface area (Å²) in [6.45, 7) is 1.76. The molecule has 1 amide bonds. The number of nitrogens with one attached hydrogen (secondary N) is 2. The van der Waals surface area contributed by atoms with Gasteiger partial charge in [0.05, 0.1) is 24.4 Å². The number of ether oxygens (including phenoxy) is 1. The van der Waals surface area contributed by atoms with Crippen LogP contribution in [-0.2, 0) is 22.5 Å². The van der Waals surface area contributed by atoms with E-state index >= 15 is 0 Å². The van der Waals surface area contributed by atoms with Crippen molar-refractivity contribution in [3.05, 3.63) is 64.3 Å². The van der Waals surface area contributed by atoms with Crippen molar-refractivity contribution < 1.29 is 14.3 Å². The molecule has 0 spiro atoms. The molecule has 0 saturated heterocycles. The fourth-order valence-electron chi connectivity index (χ4n) is 3.66. The molecule has 1 aliphatic rings. The summed E-state index contributed by atoms with van der Waals surface area (Å²) >= 11 is 6.32. The molecule has 144 valence electrons. The van der Waals surface area contributed by atoms with Gasteiger partial charge in [0.1, 0.15) is 5.69 Å². The van der Waals surface area contributed by atoms with E-state index in [1.807, 2.05) is 12.1 Å². The van der Waals surface area contributed by atoms with Gasteiger partial charge in [0, 0.05) is 24.0 Å². The highest BCUT2D eigenvalue weighted by Crippen LogP contribution is 2.34. The molecular weight excluding hydrogens is 378 g/mol. The number of H-pyrrole nitrogens is 1. The number of esters is 1. The van der Waals surface area contributed by atoms with Crippen molar-refractivity contribution in [1.82, 2.24) is 9.88 Å². The number of aromatic nitrogens is 1. The van der Waals surface area contributed by atoms with Crippen LogP contribution in [0, 0.1) is 0 Å². The fraction of sp³-hybridized carbons (Fsp3) is 0.238. The summed E-state index contributed by atoms with van der Waals surface area (Å²) in [6, 6.07) is 13.6. The fourth-order valence-corrected chi connectivity index (χ4v) is 3.92. The predicted molar refractivity (Wildman–Crippen MR) is 109 cm³/mol. The highest BCUT2D eigenvalue weighted by molar-refractivity contribution is 6.37. The normalized spacial score (nSPS) is 13.9. The summed E-state index contributed by atoms with van der Waals surface area (Å²) < 4.78 is 4.84. The van der Waals surface area contributed by atoms with Crippen LogP contribution in [0.4, 0.5) is 5.69 Å². The van der Waals surface area contributed by atoms with Crippen LogP contribution in [0.15, 0.2) is 42.5 Å². The second-order valence-corrected chi connectivity index (χ2v) is 7.21. The second-order valence-electron chi connectivity index (χ2n) is 6.81. The minimum absolute atomic E-state index is 0.183. The molecule has 1 aliphatic heterocycles. The van der Waals surface area contributed by atoms with Crippen LogP contribution >= 0.6 is 11.6 Å². The maximum Gasteiger partial charge on any atom is 0.356 e. The summed E-state index contributed by atoms with van der Waals surface area (Å²) in [4.78, 5) is 30.0. The molecule has 0 atom stereocenters. The minimum Gasteiger partial charge on any atom is -0.464 e. The van der Waals surface area contributed by atoms with E-state index in [4.69, 9.17) is 16.3 Å². The van der Waals surface area contributed by atoms with E-state index in [2.05, 4.69) is 27.3 Å². The van der Waals surface area contributed by atoms with Gasteiger partial charge in [-0.25, -0.2) is 4.79 Å². The number of carbonyl (C=O) groups is 2. The lowest BCUT2D eigenvalue weighted by molar-refractivity contribution is -0.117. The van der Waals surface area contributed by atoms with Crippen molar-refractivity contribution in [3.8, 4) is 0 Å². The Morgan fingerprint density at radius 3 is 2.75 bits per heavy atom. The lowest BCUT2D eigenvalue weighted by atomic mass is 10.00. The van der Waals surface area contributed by atoms with E-state index in [0.717, 1.165) is 19.5 Å². The number of methoxy groups -OCH3 is 1. The Bertz CT molecular complexity index is 1060. The quantitative estimate of drug-likeness (QED) is 0.659. The maximum absolute atomic E-state index is 12.7. The Morgan fingerprint density at radius 1 is 1.18 bits per heavy atom. The second kappa shape index (κ2) is 7.66. The summed E-state index contributed by atoms with van der Waals surface area (Å²) in [5.41, 5.74) is 3.77.